The first-order valence-corrected chi connectivity index (χ1v) is 6.79. The van der Waals surface area contributed by atoms with Crippen molar-refractivity contribution in [3.63, 3.8) is 0 Å². The molecule has 0 amide bonds. The number of nitrogens with one attached hydrogen (secondary N) is 1. The molecule has 7 heteroatoms. The lowest BCUT2D eigenvalue weighted by molar-refractivity contribution is -0.186. The molecule has 0 unspecified atom stereocenters. The Kier molecular flexibility index (Phi) is 5.30. The minimum absolute atomic E-state index is 0.411. The fourth-order valence-corrected chi connectivity index (χ4v) is 2.25. The second-order valence-electron chi connectivity index (χ2n) is 4.91. The Balaban J connectivity index is 1.86. The first-order chi connectivity index (χ1) is 9.96. The second kappa shape index (κ2) is 7.00. The fourth-order valence-electron chi connectivity index (χ4n) is 2.25. The number of hydrogen-bond donors (Lipinski definition) is 1. The summed E-state index contributed by atoms with van der Waals surface area (Å²) in [5.41, 5.74) is 2.16. The number of alkyl halides is 3. The van der Waals surface area contributed by atoms with E-state index in [9.17, 15) is 13.2 Å². The third-order valence-corrected chi connectivity index (χ3v) is 3.20. The maximum absolute atomic E-state index is 11.9. The molecule has 0 atom stereocenters. The van der Waals surface area contributed by atoms with Gasteiger partial charge in [-0.3, -0.25) is 0 Å². The summed E-state index contributed by atoms with van der Waals surface area (Å²) in [5.74, 6) is 0.508. The van der Waals surface area contributed by atoms with Crippen LogP contribution in [0.3, 0.4) is 0 Å². The summed E-state index contributed by atoms with van der Waals surface area (Å²) in [6.07, 6.45) is -4.33. The van der Waals surface area contributed by atoms with Crippen molar-refractivity contribution < 1.29 is 22.6 Å². The van der Waals surface area contributed by atoms with Crippen molar-refractivity contribution in [2.75, 3.05) is 44.5 Å². The zero-order valence-electron chi connectivity index (χ0n) is 11.9. The lowest BCUT2D eigenvalue weighted by Crippen LogP contribution is -2.43. The first-order valence-electron chi connectivity index (χ1n) is 6.79. The van der Waals surface area contributed by atoms with Crippen LogP contribution in [0.15, 0.2) is 18.2 Å². The molecule has 0 aliphatic carbocycles. The van der Waals surface area contributed by atoms with Gasteiger partial charge in [0, 0.05) is 31.9 Å². The molecule has 1 saturated heterocycles. The lowest BCUT2D eigenvalue weighted by Gasteiger charge is -2.30. The van der Waals surface area contributed by atoms with Crippen LogP contribution in [0.1, 0.15) is 5.56 Å². The Morgan fingerprint density at radius 2 is 1.95 bits per heavy atom. The summed E-state index contributed by atoms with van der Waals surface area (Å²) >= 11 is 0. The highest BCUT2D eigenvalue weighted by molar-refractivity contribution is 5.56. The van der Waals surface area contributed by atoms with Crippen molar-refractivity contribution in [2.24, 2.45) is 0 Å². The summed E-state index contributed by atoms with van der Waals surface area (Å²) in [4.78, 5) is 2.27. The van der Waals surface area contributed by atoms with Gasteiger partial charge in [-0.1, -0.05) is 0 Å². The molecule has 0 radical (unpaired) electrons. The third kappa shape index (κ3) is 5.09. The number of halogens is 3. The second-order valence-corrected chi connectivity index (χ2v) is 4.91. The Bertz CT molecular complexity index is 460. The number of rotatable bonds is 5. The highest BCUT2D eigenvalue weighted by atomic mass is 19.4. The molecule has 4 nitrogen and oxygen atoms in total. The van der Waals surface area contributed by atoms with Gasteiger partial charge in [-0.05, 0) is 30.7 Å². The van der Waals surface area contributed by atoms with Crippen molar-refractivity contribution >= 4 is 5.69 Å². The number of aryl methyl sites for hydroxylation is 1. The molecule has 1 aromatic rings. The molecule has 0 saturated carbocycles. The molecule has 1 N–H and O–H groups in total. The third-order valence-electron chi connectivity index (χ3n) is 3.20. The molecule has 0 spiro atoms. The molecule has 118 valence electrons. The SMILES string of the molecule is Cc1cc(OCOCC(F)(F)F)ccc1N1CCNCC1. The van der Waals surface area contributed by atoms with Crippen molar-refractivity contribution in [3.8, 4) is 5.75 Å². The molecular weight excluding hydrogens is 285 g/mol. The molecule has 1 aliphatic heterocycles. The van der Waals surface area contributed by atoms with Gasteiger partial charge >= 0.3 is 6.18 Å². The van der Waals surface area contributed by atoms with E-state index in [4.69, 9.17) is 4.74 Å². The van der Waals surface area contributed by atoms with Gasteiger partial charge in [-0.25, -0.2) is 0 Å². The van der Waals surface area contributed by atoms with E-state index in [-0.39, 0.29) is 0 Å². The van der Waals surface area contributed by atoms with Crippen LogP contribution in [-0.2, 0) is 4.74 Å². The van der Waals surface area contributed by atoms with Gasteiger partial charge < -0.3 is 19.7 Å². The van der Waals surface area contributed by atoms with E-state index < -0.39 is 19.6 Å². The van der Waals surface area contributed by atoms with E-state index in [1.807, 2.05) is 19.1 Å². The lowest BCUT2D eigenvalue weighted by atomic mass is 10.1. The van der Waals surface area contributed by atoms with Crippen molar-refractivity contribution in [1.82, 2.24) is 5.32 Å². The molecule has 0 bridgehead atoms. The van der Waals surface area contributed by atoms with Crippen LogP contribution >= 0.6 is 0 Å². The van der Waals surface area contributed by atoms with Gasteiger partial charge in [-0.15, -0.1) is 0 Å². The van der Waals surface area contributed by atoms with Crippen LogP contribution in [0.2, 0.25) is 0 Å². The van der Waals surface area contributed by atoms with Gasteiger partial charge in [0.2, 0.25) is 0 Å². The van der Waals surface area contributed by atoms with Gasteiger partial charge in [0.15, 0.2) is 6.79 Å². The number of nitrogens with zero attached hydrogens (tertiary/aromatic N) is 1. The summed E-state index contributed by atoms with van der Waals surface area (Å²) in [7, 11) is 0. The first kappa shape index (κ1) is 15.9. The molecule has 1 aliphatic rings. The van der Waals surface area contributed by atoms with Crippen LogP contribution in [-0.4, -0.2) is 45.8 Å². The predicted octanol–water partition coefficient (Wildman–Crippen LogP) is 2.32. The monoisotopic (exact) mass is 304 g/mol. The maximum atomic E-state index is 11.9. The normalized spacial score (nSPS) is 16.1. The smallest absolute Gasteiger partial charge is 0.411 e. The van der Waals surface area contributed by atoms with Crippen LogP contribution < -0.4 is 15.0 Å². The van der Waals surface area contributed by atoms with E-state index in [0.29, 0.717) is 5.75 Å². The van der Waals surface area contributed by atoms with Crippen LogP contribution in [0.4, 0.5) is 18.9 Å². The van der Waals surface area contributed by atoms with E-state index in [2.05, 4.69) is 15.0 Å². The topological polar surface area (TPSA) is 33.7 Å². The minimum Gasteiger partial charge on any atom is -0.468 e. The fraction of sp³-hybridized carbons (Fsp3) is 0.571. The minimum atomic E-state index is -4.33. The molecular formula is C14H19F3N2O2. The highest BCUT2D eigenvalue weighted by Crippen LogP contribution is 2.25. The Morgan fingerprint density at radius 3 is 2.57 bits per heavy atom. The van der Waals surface area contributed by atoms with Gasteiger partial charge in [-0.2, -0.15) is 13.2 Å². The Morgan fingerprint density at radius 1 is 1.24 bits per heavy atom. The van der Waals surface area contributed by atoms with E-state index >= 15 is 0 Å². The molecule has 21 heavy (non-hydrogen) atoms. The average molecular weight is 304 g/mol. The molecule has 0 aromatic heterocycles. The van der Waals surface area contributed by atoms with Gasteiger partial charge in [0.25, 0.3) is 0 Å². The van der Waals surface area contributed by atoms with Gasteiger partial charge in [0.05, 0.1) is 0 Å². The van der Waals surface area contributed by atoms with Gasteiger partial charge in [0.1, 0.15) is 12.4 Å². The Hall–Kier alpha value is -1.47. The summed E-state index contributed by atoms with van der Waals surface area (Å²) in [5, 5.41) is 3.29. The Labute approximate surface area is 121 Å². The van der Waals surface area contributed by atoms with Crippen LogP contribution in [0.25, 0.3) is 0 Å². The van der Waals surface area contributed by atoms with Crippen molar-refractivity contribution in [2.45, 2.75) is 13.1 Å². The van der Waals surface area contributed by atoms with E-state index in [1.165, 1.54) is 0 Å². The number of ether oxygens (including phenoxy) is 2. The molecule has 1 heterocycles. The molecule has 1 aromatic carbocycles. The number of benzene rings is 1. The predicted molar refractivity (Wildman–Crippen MR) is 73.8 cm³/mol. The van der Waals surface area contributed by atoms with Crippen LogP contribution in [0.5, 0.6) is 5.75 Å². The highest BCUT2D eigenvalue weighted by Gasteiger charge is 2.27. The summed E-state index contributed by atoms with van der Waals surface area (Å²) in [6, 6.07) is 5.50. The summed E-state index contributed by atoms with van der Waals surface area (Å²) < 4.78 is 45.3. The van der Waals surface area contributed by atoms with E-state index in [0.717, 1.165) is 37.4 Å². The average Bonchev–Trinajstić information content (AvgIpc) is 2.44. The van der Waals surface area contributed by atoms with Crippen molar-refractivity contribution in [1.29, 1.82) is 0 Å². The molecule has 1 fully saturated rings. The zero-order chi connectivity index (χ0) is 15.3. The standard InChI is InChI=1S/C14H19F3N2O2/c1-11-8-12(21-10-20-9-14(15,16)17)2-3-13(11)19-6-4-18-5-7-19/h2-3,8,18H,4-7,9-10H2,1H3. The summed E-state index contributed by atoms with van der Waals surface area (Å²) in [6.45, 7) is 4.02. The molecule has 2 rings (SSSR count). The number of piperazine rings is 1. The zero-order valence-corrected chi connectivity index (χ0v) is 11.9. The number of anilines is 1. The van der Waals surface area contributed by atoms with Crippen molar-refractivity contribution in [3.05, 3.63) is 23.8 Å². The van der Waals surface area contributed by atoms with Crippen LogP contribution in [0, 0.1) is 6.92 Å². The maximum Gasteiger partial charge on any atom is 0.411 e. The largest absolute Gasteiger partial charge is 0.468 e. The quantitative estimate of drug-likeness (QED) is 0.669. The van der Waals surface area contributed by atoms with E-state index in [1.54, 1.807) is 6.07 Å². The number of hydrogen-bond acceptors (Lipinski definition) is 4.